The Morgan fingerprint density at radius 3 is 2.44 bits per heavy atom. The lowest BCUT2D eigenvalue weighted by atomic mass is 9.87. The van der Waals surface area contributed by atoms with E-state index in [1.165, 1.54) is 12.8 Å². The molecule has 4 heteroatoms. The van der Waals surface area contributed by atoms with Crippen molar-refractivity contribution in [2.24, 2.45) is 17.6 Å². The Hall–Kier alpha value is -0.610. The number of carbonyl (C=O) groups excluding carboxylic acids is 1. The fourth-order valence-electron chi connectivity index (χ4n) is 3.11. The van der Waals surface area contributed by atoms with E-state index in [9.17, 15) is 4.79 Å². The number of rotatable bonds is 3. The summed E-state index contributed by atoms with van der Waals surface area (Å²) in [7, 11) is 0. The zero-order chi connectivity index (χ0) is 13.1. The Kier molecular flexibility index (Phi) is 4.62. The average molecular weight is 253 g/mol. The number of hydrogen-bond donors (Lipinski definition) is 2. The van der Waals surface area contributed by atoms with Crippen molar-refractivity contribution >= 4 is 5.91 Å². The predicted octanol–water partition coefficient (Wildman–Crippen LogP) is 0.960. The second kappa shape index (κ2) is 6.02. The van der Waals surface area contributed by atoms with Crippen molar-refractivity contribution in [3.63, 3.8) is 0 Å². The zero-order valence-corrected chi connectivity index (χ0v) is 11.7. The molecule has 1 aliphatic heterocycles. The van der Waals surface area contributed by atoms with Gasteiger partial charge >= 0.3 is 0 Å². The van der Waals surface area contributed by atoms with Crippen LogP contribution in [0.4, 0.5) is 0 Å². The second-order valence-electron chi connectivity index (χ2n) is 6.36. The molecule has 1 amide bonds. The van der Waals surface area contributed by atoms with Crippen LogP contribution in [0.5, 0.6) is 0 Å². The monoisotopic (exact) mass is 253 g/mol. The normalized spacial score (nSPS) is 37.7. The molecular weight excluding hydrogens is 226 g/mol. The largest absolute Gasteiger partial charge is 0.352 e. The van der Waals surface area contributed by atoms with Gasteiger partial charge in [-0.05, 0) is 37.5 Å². The van der Waals surface area contributed by atoms with Crippen molar-refractivity contribution < 1.29 is 4.79 Å². The molecule has 4 nitrogen and oxygen atoms in total. The van der Waals surface area contributed by atoms with Gasteiger partial charge in [0.05, 0.1) is 6.54 Å². The minimum Gasteiger partial charge on any atom is -0.352 e. The lowest BCUT2D eigenvalue weighted by molar-refractivity contribution is -0.123. The van der Waals surface area contributed by atoms with Gasteiger partial charge in [-0.25, -0.2) is 0 Å². The Bertz CT molecular complexity index is 277. The fourth-order valence-corrected chi connectivity index (χ4v) is 3.11. The van der Waals surface area contributed by atoms with Gasteiger partial charge in [0.1, 0.15) is 0 Å². The summed E-state index contributed by atoms with van der Waals surface area (Å²) in [5.41, 5.74) is 5.97. The molecule has 1 saturated heterocycles. The number of hydrogen-bond acceptors (Lipinski definition) is 3. The topological polar surface area (TPSA) is 58.4 Å². The van der Waals surface area contributed by atoms with Crippen molar-refractivity contribution in [3.8, 4) is 0 Å². The molecule has 0 aromatic carbocycles. The van der Waals surface area contributed by atoms with E-state index in [1.54, 1.807) is 0 Å². The highest BCUT2D eigenvalue weighted by atomic mass is 16.2. The molecule has 0 aromatic heterocycles. The van der Waals surface area contributed by atoms with E-state index in [1.807, 2.05) is 0 Å². The Morgan fingerprint density at radius 1 is 1.22 bits per heavy atom. The third kappa shape index (κ3) is 3.69. The van der Waals surface area contributed by atoms with Gasteiger partial charge in [0.15, 0.2) is 0 Å². The highest BCUT2D eigenvalue weighted by molar-refractivity contribution is 5.78. The summed E-state index contributed by atoms with van der Waals surface area (Å²) >= 11 is 0. The van der Waals surface area contributed by atoms with Crippen LogP contribution in [0.2, 0.25) is 0 Å². The maximum absolute atomic E-state index is 12.0. The molecule has 1 aliphatic carbocycles. The molecule has 2 aliphatic rings. The van der Waals surface area contributed by atoms with Crippen LogP contribution in [0, 0.1) is 11.8 Å². The van der Waals surface area contributed by atoms with E-state index in [2.05, 4.69) is 24.1 Å². The molecule has 2 unspecified atom stereocenters. The first kappa shape index (κ1) is 13.8. The van der Waals surface area contributed by atoms with Gasteiger partial charge in [0, 0.05) is 25.2 Å². The maximum atomic E-state index is 12.0. The van der Waals surface area contributed by atoms with E-state index >= 15 is 0 Å². The highest BCUT2D eigenvalue weighted by Gasteiger charge is 2.28. The molecule has 3 N–H and O–H groups in total. The van der Waals surface area contributed by atoms with Gasteiger partial charge in [-0.3, -0.25) is 9.69 Å². The molecule has 2 atom stereocenters. The van der Waals surface area contributed by atoms with Crippen LogP contribution in [-0.4, -0.2) is 42.5 Å². The summed E-state index contributed by atoms with van der Waals surface area (Å²) in [5.74, 6) is 1.51. The van der Waals surface area contributed by atoms with Crippen molar-refractivity contribution in [2.45, 2.75) is 51.6 Å². The minimum absolute atomic E-state index is 0.177. The van der Waals surface area contributed by atoms with Crippen LogP contribution in [-0.2, 0) is 4.79 Å². The third-order valence-corrected chi connectivity index (χ3v) is 4.49. The molecule has 0 bridgehead atoms. The molecule has 0 spiro atoms. The lowest BCUT2D eigenvalue weighted by Crippen LogP contribution is -2.43. The molecular formula is C14H27N3O. The zero-order valence-electron chi connectivity index (χ0n) is 11.7. The van der Waals surface area contributed by atoms with Crippen LogP contribution in [0.3, 0.4) is 0 Å². The third-order valence-electron chi connectivity index (χ3n) is 4.49. The summed E-state index contributed by atoms with van der Waals surface area (Å²) in [6.07, 6.45) is 4.78. The van der Waals surface area contributed by atoms with E-state index < -0.39 is 0 Å². The molecule has 2 fully saturated rings. The fraction of sp³-hybridized carbons (Fsp3) is 0.929. The highest BCUT2D eigenvalue weighted by Crippen LogP contribution is 2.23. The summed E-state index contributed by atoms with van der Waals surface area (Å²) in [6.45, 7) is 6.78. The van der Waals surface area contributed by atoms with Crippen molar-refractivity contribution in [1.82, 2.24) is 10.2 Å². The van der Waals surface area contributed by atoms with Gasteiger partial charge in [-0.1, -0.05) is 13.8 Å². The molecule has 1 heterocycles. The first-order valence-corrected chi connectivity index (χ1v) is 7.32. The number of nitrogens with zero attached hydrogens (tertiary/aromatic N) is 1. The van der Waals surface area contributed by atoms with Gasteiger partial charge in [-0.15, -0.1) is 0 Å². The van der Waals surface area contributed by atoms with Crippen LogP contribution in [0.15, 0.2) is 0 Å². The SMILES string of the molecule is CC1CCC(NC(=O)CN2CC(C)C(N)C2)CC1. The standard InChI is InChI=1S/C14H27N3O/c1-10-3-5-12(6-4-10)16-14(18)9-17-7-11(2)13(15)8-17/h10-13H,3-9,15H2,1-2H3,(H,16,18). The summed E-state index contributed by atoms with van der Waals surface area (Å²) < 4.78 is 0. The summed E-state index contributed by atoms with van der Waals surface area (Å²) in [6, 6.07) is 0.635. The Morgan fingerprint density at radius 2 is 1.89 bits per heavy atom. The smallest absolute Gasteiger partial charge is 0.234 e. The summed E-state index contributed by atoms with van der Waals surface area (Å²) in [5, 5.41) is 3.17. The second-order valence-corrected chi connectivity index (χ2v) is 6.36. The number of nitrogens with two attached hydrogens (primary N) is 1. The van der Waals surface area contributed by atoms with Gasteiger partial charge in [0.25, 0.3) is 0 Å². The van der Waals surface area contributed by atoms with Crippen molar-refractivity contribution in [1.29, 1.82) is 0 Å². The summed E-state index contributed by atoms with van der Waals surface area (Å²) in [4.78, 5) is 14.1. The Balaban J connectivity index is 1.69. The molecule has 104 valence electrons. The Labute approximate surface area is 110 Å². The minimum atomic E-state index is 0.177. The van der Waals surface area contributed by atoms with Crippen LogP contribution >= 0.6 is 0 Å². The molecule has 2 rings (SSSR count). The van der Waals surface area contributed by atoms with Gasteiger partial charge < -0.3 is 11.1 Å². The predicted molar refractivity (Wildman–Crippen MR) is 73.1 cm³/mol. The van der Waals surface area contributed by atoms with E-state index in [4.69, 9.17) is 5.73 Å². The number of carbonyl (C=O) groups is 1. The molecule has 0 radical (unpaired) electrons. The van der Waals surface area contributed by atoms with E-state index in [0.29, 0.717) is 18.5 Å². The number of amides is 1. The first-order valence-electron chi connectivity index (χ1n) is 7.32. The lowest BCUT2D eigenvalue weighted by Gasteiger charge is -2.27. The van der Waals surface area contributed by atoms with Crippen molar-refractivity contribution in [2.75, 3.05) is 19.6 Å². The van der Waals surface area contributed by atoms with Crippen molar-refractivity contribution in [3.05, 3.63) is 0 Å². The van der Waals surface area contributed by atoms with Crippen LogP contribution in [0.25, 0.3) is 0 Å². The average Bonchev–Trinajstić information content (AvgIpc) is 2.61. The van der Waals surface area contributed by atoms with Gasteiger partial charge in [-0.2, -0.15) is 0 Å². The van der Waals surface area contributed by atoms with E-state index in [0.717, 1.165) is 31.8 Å². The maximum Gasteiger partial charge on any atom is 0.234 e. The number of likely N-dealkylation sites (tertiary alicyclic amines) is 1. The van der Waals surface area contributed by atoms with E-state index in [-0.39, 0.29) is 11.9 Å². The first-order chi connectivity index (χ1) is 8.54. The molecule has 1 saturated carbocycles. The molecule has 0 aromatic rings. The van der Waals surface area contributed by atoms with Crippen LogP contribution in [0.1, 0.15) is 39.5 Å². The quantitative estimate of drug-likeness (QED) is 0.787. The molecule has 18 heavy (non-hydrogen) atoms. The van der Waals surface area contributed by atoms with Gasteiger partial charge in [0.2, 0.25) is 5.91 Å². The number of nitrogens with one attached hydrogen (secondary N) is 1. The van der Waals surface area contributed by atoms with Crippen LogP contribution < -0.4 is 11.1 Å².